The Balaban J connectivity index is 1.85. The van der Waals surface area contributed by atoms with Gasteiger partial charge < -0.3 is 24.8 Å². The van der Waals surface area contributed by atoms with Gasteiger partial charge in [0.15, 0.2) is 24.7 Å². The Bertz CT molecular complexity index is 746. The minimum Gasteiger partial charge on any atom is -0.493 e. The zero-order valence-electron chi connectivity index (χ0n) is 16.2. The smallest absolute Gasteiger partial charge is 0.344 e. The van der Waals surface area contributed by atoms with Crippen molar-refractivity contribution in [2.75, 3.05) is 26.9 Å². The second-order valence-electron chi connectivity index (χ2n) is 6.36. The number of carbonyl (C=O) groups excluding carboxylic acids is 3. The number of allylic oxidation sites excluding steroid dienone is 1. The van der Waals surface area contributed by atoms with E-state index in [2.05, 4.69) is 0 Å². The van der Waals surface area contributed by atoms with Crippen LogP contribution in [-0.4, -0.2) is 55.6 Å². The Morgan fingerprint density at radius 3 is 2.68 bits per heavy atom. The Kier molecular flexibility index (Phi) is 7.86. The number of esters is 1. The molecular formula is C20H26N2O6. The molecule has 0 bridgehead atoms. The largest absolute Gasteiger partial charge is 0.493 e. The lowest BCUT2D eigenvalue weighted by Crippen LogP contribution is -2.51. The second-order valence-corrected chi connectivity index (χ2v) is 6.36. The highest BCUT2D eigenvalue weighted by atomic mass is 16.6. The normalized spacial score (nSPS) is 16.6. The Labute approximate surface area is 164 Å². The summed E-state index contributed by atoms with van der Waals surface area (Å²) in [5, 5.41) is 0. The minimum atomic E-state index is -0.694. The van der Waals surface area contributed by atoms with E-state index in [9.17, 15) is 14.4 Å². The molecule has 1 aliphatic rings. The summed E-state index contributed by atoms with van der Waals surface area (Å²) >= 11 is 0. The Morgan fingerprint density at radius 1 is 1.21 bits per heavy atom. The first-order valence-electron chi connectivity index (χ1n) is 9.14. The van der Waals surface area contributed by atoms with Crippen LogP contribution in [-0.2, 0) is 19.1 Å². The van der Waals surface area contributed by atoms with Gasteiger partial charge in [0.1, 0.15) is 6.04 Å². The molecule has 8 heteroatoms. The Morgan fingerprint density at radius 2 is 2.00 bits per heavy atom. The minimum absolute atomic E-state index is 0.369. The number of piperidine rings is 1. The van der Waals surface area contributed by atoms with Gasteiger partial charge in [-0.15, -0.1) is 0 Å². The average molecular weight is 390 g/mol. The molecule has 1 aliphatic heterocycles. The van der Waals surface area contributed by atoms with Crippen molar-refractivity contribution in [3.63, 3.8) is 0 Å². The summed E-state index contributed by atoms with van der Waals surface area (Å²) in [5.74, 6) is -0.803. The van der Waals surface area contributed by atoms with Gasteiger partial charge in [-0.2, -0.15) is 0 Å². The van der Waals surface area contributed by atoms with Crippen molar-refractivity contribution in [1.29, 1.82) is 0 Å². The van der Waals surface area contributed by atoms with Gasteiger partial charge in [-0.25, -0.2) is 4.79 Å². The van der Waals surface area contributed by atoms with E-state index in [1.54, 1.807) is 12.1 Å². The highest BCUT2D eigenvalue weighted by molar-refractivity contribution is 5.88. The van der Waals surface area contributed by atoms with Gasteiger partial charge in [-0.1, -0.05) is 18.2 Å². The molecule has 0 spiro atoms. The van der Waals surface area contributed by atoms with Crippen LogP contribution >= 0.6 is 0 Å². The van der Waals surface area contributed by atoms with Crippen LogP contribution in [0, 0.1) is 0 Å². The summed E-state index contributed by atoms with van der Waals surface area (Å²) in [6.45, 7) is 1.51. The number of methoxy groups -OCH3 is 1. The van der Waals surface area contributed by atoms with Gasteiger partial charge in [0.05, 0.1) is 7.11 Å². The van der Waals surface area contributed by atoms with Crippen LogP contribution in [0.4, 0.5) is 0 Å². The third-order valence-corrected chi connectivity index (χ3v) is 4.40. The number of nitrogens with two attached hydrogens (primary N) is 1. The van der Waals surface area contributed by atoms with E-state index in [0.717, 1.165) is 18.4 Å². The molecule has 1 aromatic rings. The fraction of sp³-hybridized carbons (Fsp3) is 0.450. The summed E-state index contributed by atoms with van der Waals surface area (Å²) in [7, 11) is 1.51. The number of amides is 2. The number of hydrogen-bond donors (Lipinski definition) is 1. The highest BCUT2D eigenvalue weighted by Crippen LogP contribution is 2.28. The molecule has 0 saturated carbocycles. The molecular weight excluding hydrogens is 364 g/mol. The van der Waals surface area contributed by atoms with Crippen molar-refractivity contribution in [1.82, 2.24) is 4.90 Å². The number of carbonyl (C=O) groups is 3. The van der Waals surface area contributed by atoms with Crippen LogP contribution in [0.25, 0.3) is 6.08 Å². The maximum atomic E-state index is 12.3. The lowest BCUT2D eigenvalue weighted by Gasteiger charge is -2.33. The van der Waals surface area contributed by atoms with Gasteiger partial charge in [0, 0.05) is 6.54 Å². The predicted molar refractivity (Wildman–Crippen MR) is 103 cm³/mol. The van der Waals surface area contributed by atoms with E-state index < -0.39 is 30.4 Å². The quantitative estimate of drug-likeness (QED) is 0.674. The van der Waals surface area contributed by atoms with E-state index in [0.29, 0.717) is 24.5 Å². The number of benzene rings is 1. The predicted octanol–water partition coefficient (Wildman–Crippen LogP) is 1.52. The maximum absolute atomic E-state index is 12.3. The van der Waals surface area contributed by atoms with Crippen LogP contribution in [0.15, 0.2) is 24.3 Å². The van der Waals surface area contributed by atoms with Gasteiger partial charge >= 0.3 is 5.97 Å². The van der Waals surface area contributed by atoms with E-state index in [1.165, 1.54) is 12.0 Å². The molecule has 0 aromatic heterocycles. The number of hydrogen-bond acceptors (Lipinski definition) is 6. The molecule has 1 heterocycles. The molecule has 152 valence electrons. The first kappa shape index (κ1) is 21.3. The molecule has 1 atom stereocenters. The van der Waals surface area contributed by atoms with E-state index >= 15 is 0 Å². The SMILES string of the molecule is C/C=C/c1ccc(OCC(=O)OCC(=O)N2CCCC[C@@H]2C(N)=O)c(OC)c1. The van der Waals surface area contributed by atoms with E-state index in [-0.39, 0.29) is 6.61 Å². The first-order valence-corrected chi connectivity index (χ1v) is 9.14. The van der Waals surface area contributed by atoms with Gasteiger partial charge in [0.25, 0.3) is 5.91 Å². The van der Waals surface area contributed by atoms with Crippen molar-refractivity contribution in [3.05, 3.63) is 29.8 Å². The van der Waals surface area contributed by atoms with E-state index in [1.807, 2.05) is 25.1 Å². The van der Waals surface area contributed by atoms with Crippen LogP contribution < -0.4 is 15.2 Å². The molecule has 0 radical (unpaired) electrons. The monoisotopic (exact) mass is 390 g/mol. The lowest BCUT2D eigenvalue weighted by molar-refractivity contribution is -0.156. The van der Waals surface area contributed by atoms with E-state index in [4.69, 9.17) is 19.9 Å². The van der Waals surface area contributed by atoms with Gasteiger partial charge in [0.2, 0.25) is 5.91 Å². The summed E-state index contributed by atoms with van der Waals surface area (Å²) in [6, 6.07) is 4.66. The first-order chi connectivity index (χ1) is 13.5. The van der Waals surface area contributed by atoms with Crippen molar-refractivity contribution < 1.29 is 28.6 Å². The Hall–Kier alpha value is -3.03. The molecule has 1 fully saturated rings. The average Bonchev–Trinajstić information content (AvgIpc) is 2.71. The van der Waals surface area contributed by atoms with Crippen molar-refractivity contribution in [3.8, 4) is 11.5 Å². The summed E-state index contributed by atoms with van der Waals surface area (Å²) in [6.07, 6.45) is 5.96. The number of ether oxygens (including phenoxy) is 3. The molecule has 2 rings (SSSR count). The highest BCUT2D eigenvalue weighted by Gasteiger charge is 2.31. The number of likely N-dealkylation sites (tertiary alicyclic amines) is 1. The zero-order chi connectivity index (χ0) is 20.5. The standard InChI is InChI=1S/C20H26N2O6/c1-3-6-14-8-9-16(17(11-14)26-2)27-13-19(24)28-12-18(23)22-10-5-4-7-15(22)20(21)25/h3,6,8-9,11,15H,4-5,7,10,12-13H2,1-2H3,(H2,21,25)/b6-3+/t15-/m1/s1. The zero-order valence-corrected chi connectivity index (χ0v) is 16.2. The van der Waals surface area contributed by atoms with Crippen molar-refractivity contribution in [2.45, 2.75) is 32.2 Å². The summed E-state index contributed by atoms with van der Waals surface area (Å²) in [4.78, 5) is 37.0. The summed E-state index contributed by atoms with van der Waals surface area (Å²) < 4.78 is 15.7. The van der Waals surface area contributed by atoms with Crippen molar-refractivity contribution in [2.24, 2.45) is 5.73 Å². The van der Waals surface area contributed by atoms with Gasteiger partial charge in [-0.05, 0) is 43.9 Å². The topological polar surface area (TPSA) is 108 Å². The molecule has 8 nitrogen and oxygen atoms in total. The fourth-order valence-electron chi connectivity index (χ4n) is 3.03. The molecule has 0 aliphatic carbocycles. The summed E-state index contributed by atoms with van der Waals surface area (Å²) in [5.41, 5.74) is 6.28. The van der Waals surface area contributed by atoms with Crippen LogP contribution in [0.1, 0.15) is 31.7 Å². The lowest BCUT2D eigenvalue weighted by atomic mass is 10.0. The molecule has 2 N–H and O–H groups in total. The molecule has 28 heavy (non-hydrogen) atoms. The molecule has 1 saturated heterocycles. The molecule has 1 aromatic carbocycles. The number of rotatable bonds is 8. The molecule has 0 unspecified atom stereocenters. The van der Waals surface area contributed by atoms with Crippen LogP contribution in [0.5, 0.6) is 11.5 Å². The maximum Gasteiger partial charge on any atom is 0.344 e. The van der Waals surface area contributed by atoms with Crippen LogP contribution in [0.2, 0.25) is 0 Å². The number of primary amides is 1. The third kappa shape index (κ3) is 5.73. The molecule has 2 amide bonds. The van der Waals surface area contributed by atoms with Gasteiger partial charge in [-0.3, -0.25) is 9.59 Å². The van der Waals surface area contributed by atoms with Crippen molar-refractivity contribution >= 4 is 23.9 Å². The second kappa shape index (κ2) is 10.3. The van der Waals surface area contributed by atoms with Crippen LogP contribution in [0.3, 0.4) is 0 Å². The number of nitrogens with zero attached hydrogens (tertiary/aromatic N) is 1. The third-order valence-electron chi connectivity index (χ3n) is 4.40. The fourth-order valence-corrected chi connectivity index (χ4v) is 3.03.